The van der Waals surface area contributed by atoms with Gasteiger partial charge in [0.2, 0.25) is 5.78 Å². The number of fused-ring (bicyclic) bond motifs is 3. The number of likely N-dealkylation sites (tertiary alicyclic amines) is 1. The number of rotatable bonds is 6. The molecule has 0 spiro atoms. The number of carbonyl (C=O) groups excluding carboxylic acids is 3. The Kier molecular flexibility index (Phi) is 7.75. The molecule has 4 atom stereocenters. The van der Waals surface area contributed by atoms with Gasteiger partial charge in [-0.2, -0.15) is 0 Å². The third-order valence-corrected chi connectivity index (χ3v) is 10.0. The van der Waals surface area contributed by atoms with Gasteiger partial charge in [0.1, 0.15) is 28.6 Å². The number of benzene rings is 2. The Morgan fingerprint density at radius 1 is 1.07 bits per heavy atom. The predicted molar refractivity (Wildman–Crippen MR) is 165 cm³/mol. The largest absolute Gasteiger partial charge is 0.508 e. The van der Waals surface area contributed by atoms with Crippen LogP contribution in [0.25, 0.3) is 16.9 Å². The highest BCUT2D eigenvalue weighted by Crippen LogP contribution is 2.54. The Balaban J connectivity index is 1.51. The number of ketones is 2. The number of carbonyl (C=O) groups is 3. The number of aliphatic hydroxyl groups is 3. The zero-order valence-corrected chi connectivity index (χ0v) is 25.7. The smallest absolute Gasteiger partial charge is 0.255 e. The van der Waals surface area contributed by atoms with E-state index in [1.165, 1.54) is 17.4 Å². The molecular formula is C34H39N3O8. The third kappa shape index (κ3) is 4.72. The van der Waals surface area contributed by atoms with Gasteiger partial charge >= 0.3 is 0 Å². The van der Waals surface area contributed by atoms with Crippen molar-refractivity contribution in [3.8, 4) is 22.6 Å². The van der Waals surface area contributed by atoms with E-state index in [0.29, 0.717) is 17.9 Å². The maximum Gasteiger partial charge on any atom is 0.255 e. The number of aliphatic hydroxyl groups excluding tert-OH is 2. The van der Waals surface area contributed by atoms with Crippen LogP contribution in [-0.4, -0.2) is 93.6 Å². The van der Waals surface area contributed by atoms with E-state index in [1.807, 2.05) is 18.2 Å². The van der Waals surface area contributed by atoms with Crippen molar-refractivity contribution in [2.75, 3.05) is 34.3 Å². The maximum atomic E-state index is 14.2. The van der Waals surface area contributed by atoms with Crippen LogP contribution >= 0.6 is 0 Å². The van der Waals surface area contributed by atoms with Crippen molar-refractivity contribution in [1.82, 2.24) is 9.80 Å². The number of phenols is 1. The summed E-state index contributed by atoms with van der Waals surface area (Å²) >= 11 is 0. The number of primary amides is 1. The van der Waals surface area contributed by atoms with Crippen molar-refractivity contribution in [3.63, 3.8) is 0 Å². The van der Waals surface area contributed by atoms with Gasteiger partial charge in [-0.05, 0) is 99.2 Å². The van der Waals surface area contributed by atoms with Gasteiger partial charge in [0, 0.05) is 18.0 Å². The number of methoxy groups -OCH3 is 1. The van der Waals surface area contributed by atoms with Crippen molar-refractivity contribution in [1.29, 1.82) is 0 Å². The summed E-state index contributed by atoms with van der Waals surface area (Å²) in [6, 6.07) is 7.96. The van der Waals surface area contributed by atoms with E-state index in [0.717, 1.165) is 42.6 Å². The van der Waals surface area contributed by atoms with E-state index in [9.17, 15) is 34.8 Å². The molecule has 11 heteroatoms. The fraction of sp³-hybridized carbons (Fsp3) is 0.441. The van der Waals surface area contributed by atoms with Crippen molar-refractivity contribution in [2.45, 2.75) is 50.3 Å². The molecule has 3 aliphatic carbocycles. The first-order valence-corrected chi connectivity index (χ1v) is 15.3. The van der Waals surface area contributed by atoms with Crippen LogP contribution < -0.4 is 10.5 Å². The number of Topliss-reactive ketones (excluding diaryl/α,β-unsaturated/α-hetero) is 2. The molecule has 45 heavy (non-hydrogen) atoms. The molecule has 0 bridgehead atoms. The topological polar surface area (TPSA) is 174 Å². The normalized spacial score (nSPS) is 26.9. The SMILES string of the molecule is COc1ccc(-c2ccc(O)c3c2C[C@H]2C[C@H]4[C@H](N(C)C)C(=O)C(C(N)=O)=C(O)[C@@]4(O)C(=O)C2=C3O)c(CN2CCCCC2)c1. The number of phenolic OH excluding ortho intramolecular Hbond substituents is 1. The van der Waals surface area contributed by atoms with Crippen LogP contribution in [0.3, 0.4) is 0 Å². The third-order valence-electron chi connectivity index (χ3n) is 10.0. The molecule has 4 aliphatic rings. The lowest BCUT2D eigenvalue weighted by molar-refractivity contribution is -0.153. The zero-order valence-electron chi connectivity index (χ0n) is 25.7. The van der Waals surface area contributed by atoms with Gasteiger partial charge in [-0.1, -0.05) is 18.6 Å². The van der Waals surface area contributed by atoms with Crippen LogP contribution in [0.15, 0.2) is 47.2 Å². The van der Waals surface area contributed by atoms with Gasteiger partial charge < -0.3 is 30.9 Å². The molecular weight excluding hydrogens is 578 g/mol. The van der Waals surface area contributed by atoms with E-state index in [4.69, 9.17) is 10.5 Å². The number of nitrogens with zero attached hydrogens (tertiary/aromatic N) is 2. The van der Waals surface area contributed by atoms with E-state index >= 15 is 0 Å². The molecule has 6 rings (SSSR count). The lowest BCUT2D eigenvalue weighted by Gasteiger charge is -2.50. The summed E-state index contributed by atoms with van der Waals surface area (Å²) in [7, 11) is 4.78. The molecule has 1 amide bonds. The summed E-state index contributed by atoms with van der Waals surface area (Å²) < 4.78 is 5.54. The molecule has 11 nitrogen and oxygen atoms in total. The number of hydrogen-bond acceptors (Lipinski definition) is 10. The average Bonchev–Trinajstić information content (AvgIpc) is 2.99. The lowest BCUT2D eigenvalue weighted by atomic mass is 9.57. The Morgan fingerprint density at radius 3 is 2.40 bits per heavy atom. The number of ether oxygens (including phenoxy) is 1. The second-order valence-electron chi connectivity index (χ2n) is 12.8. The molecule has 1 aliphatic heterocycles. The summed E-state index contributed by atoms with van der Waals surface area (Å²) in [5.74, 6) is -5.99. The summed E-state index contributed by atoms with van der Waals surface area (Å²) in [6.07, 6.45) is 3.70. The Morgan fingerprint density at radius 2 is 1.76 bits per heavy atom. The maximum absolute atomic E-state index is 14.2. The number of piperidine rings is 1. The average molecular weight is 618 g/mol. The van der Waals surface area contributed by atoms with Gasteiger partial charge in [0.25, 0.3) is 5.91 Å². The second-order valence-corrected chi connectivity index (χ2v) is 12.8. The first kappa shape index (κ1) is 30.8. The van der Waals surface area contributed by atoms with Crippen LogP contribution in [0.5, 0.6) is 11.5 Å². The van der Waals surface area contributed by atoms with Gasteiger partial charge in [-0.3, -0.25) is 24.2 Å². The Bertz CT molecular complexity index is 1670. The van der Waals surface area contributed by atoms with E-state index < -0.39 is 58.0 Å². The van der Waals surface area contributed by atoms with Crippen molar-refractivity contribution < 1.29 is 39.5 Å². The van der Waals surface area contributed by atoms with Gasteiger partial charge in [-0.15, -0.1) is 0 Å². The highest BCUT2D eigenvalue weighted by Gasteiger charge is 2.64. The van der Waals surface area contributed by atoms with Crippen LogP contribution in [0.4, 0.5) is 0 Å². The van der Waals surface area contributed by atoms with Gasteiger partial charge in [-0.25, -0.2) is 0 Å². The van der Waals surface area contributed by atoms with Crippen LogP contribution in [0.1, 0.15) is 42.4 Å². The molecule has 0 radical (unpaired) electrons. The van der Waals surface area contributed by atoms with Crippen LogP contribution in [-0.2, 0) is 27.3 Å². The molecule has 6 N–H and O–H groups in total. The fourth-order valence-electron chi connectivity index (χ4n) is 7.95. The van der Waals surface area contributed by atoms with E-state index in [-0.39, 0.29) is 29.7 Å². The number of amides is 1. The van der Waals surface area contributed by atoms with Crippen molar-refractivity contribution >= 4 is 23.2 Å². The Hall–Kier alpha value is -4.19. The summed E-state index contributed by atoms with van der Waals surface area (Å²) in [4.78, 5) is 43.7. The summed E-state index contributed by atoms with van der Waals surface area (Å²) in [6.45, 7) is 2.65. The highest BCUT2D eigenvalue weighted by molar-refractivity contribution is 6.24. The summed E-state index contributed by atoms with van der Waals surface area (Å²) in [5.41, 5.74) is 5.15. The molecule has 0 aromatic heterocycles. The Labute approximate surface area is 261 Å². The number of hydrogen-bond donors (Lipinski definition) is 5. The van der Waals surface area contributed by atoms with Gasteiger partial charge in [0.15, 0.2) is 11.4 Å². The predicted octanol–water partition coefficient (Wildman–Crippen LogP) is 2.63. The first-order chi connectivity index (χ1) is 21.4. The quantitative estimate of drug-likeness (QED) is 0.303. The summed E-state index contributed by atoms with van der Waals surface area (Å²) in [5, 5.41) is 45.6. The molecule has 238 valence electrons. The molecule has 1 heterocycles. The highest BCUT2D eigenvalue weighted by atomic mass is 16.5. The zero-order chi connectivity index (χ0) is 32.4. The minimum atomic E-state index is -2.67. The standard InChI is InChI=1S/C34H39N3O8/c1-36(2)28-23-15-17-14-22-21(20-8-7-19(45-3)13-18(20)16-37-11-5-4-6-12-37)9-10-24(38)26(22)29(39)25(17)31(41)34(23,44)32(42)27(30(28)40)33(35)43/h7-10,13,17,23,28,38-39,42,44H,4-6,11-12,14-16H2,1-3H3,(H2,35,43)/t17-,23-,28-,34-/m0/s1. The van der Waals surface area contributed by atoms with E-state index in [2.05, 4.69) is 4.90 Å². The second kappa shape index (κ2) is 11.3. The molecule has 1 saturated carbocycles. The van der Waals surface area contributed by atoms with Crippen LogP contribution in [0, 0.1) is 11.8 Å². The molecule has 2 aromatic carbocycles. The number of aromatic hydroxyl groups is 1. The molecule has 2 aromatic rings. The molecule has 0 unspecified atom stereocenters. The number of likely N-dealkylation sites (N-methyl/N-ethyl adjacent to an activating group) is 1. The lowest BCUT2D eigenvalue weighted by Crippen LogP contribution is -2.65. The molecule has 2 fully saturated rings. The van der Waals surface area contributed by atoms with Crippen molar-refractivity contribution in [3.05, 3.63) is 63.9 Å². The first-order valence-electron chi connectivity index (χ1n) is 15.3. The monoisotopic (exact) mass is 617 g/mol. The van der Waals surface area contributed by atoms with Gasteiger partial charge in [0.05, 0.1) is 18.7 Å². The number of nitrogens with two attached hydrogens (primary N) is 1. The fourth-order valence-corrected chi connectivity index (χ4v) is 7.95. The molecule has 1 saturated heterocycles. The van der Waals surface area contributed by atoms with Crippen molar-refractivity contribution in [2.24, 2.45) is 17.6 Å². The van der Waals surface area contributed by atoms with Crippen LogP contribution in [0.2, 0.25) is 0 Å². The van der Waals surface area contributed by atoms with E-state index in [1.54, 1.807) is 27.3 Å². The minimum absolute atomic E-state index is 0.0319. The minimum Gasteiger partial charge on any atom is -0.508 e.